The second kappa shape index (κ2) is 9.65. The lowest BCUT2D eigenvalue weighted by atomic mass is 9.88. The smallest absolute Gasteiger partial charge is 0.263 e. The van der Waals surface area contributed by atoms with E-state index >= 15 is 0 Å². The fourth-order valence-electron chi connectivity index (χ4n) is 4.33. The van der Waals surface area contributed by atoms with Crippen LogP contribution in [0.4, 0.5) is 0 Å². The highest BCUT2D eigenvalue weighted by Gasteiger charge is 2.28. The molecular weight excluding hydrogens is 444 g/mol. The zero-order valence-electron chi connectivity index (χ0n) is 18.8. The molecular formula is C27H24N4O2S. The molecule has 1 saturated heterocycles. The quantitative estimate of drug-likeness (QED) is 0.362. The van der Waals surface area contributed by atoms with E-state index in [9.17, 15) is 9.59 Å². The summed E-state index contributed by atoms with van der Waals surface area (Å²) in [6.07, 6.45) is 7.06. The van der Waals surface area contributed by atoms with Gasteiger partial charge in [0, 0.05) is 48.7 Å². The molecule has 0 atom stereocenters. The van der Waals surface area contributed by atoms with E-state index in [0.717, 1.165) is 35.2 Å². The summed E-state index contributed by atoms with van der Waals surface area (Å²) in [5.74, 6) is 0.868. The molecule has 3 aromatic heterocycles. The van der Waals surface area contributed by atoms with Crippen LogP contribution in [0.1, 0.15) is 50.7 Å². The lowest BCUT2D eigenvalue weighted by Gasteiger charge is -2.32. The largest absolute Gasteiger partial charge is 0.338 e. The van der Waals surface area contributed by atoms with Crippen molar-refractivity contribution in [2.75, 3.05) is 13.1 Å². The van der Waals surface area contributed by atoms with Crippen LogP contribution in [0.25, 0.3) is 22.5 Å². The SMILES string of the molecule is CC(=O)c1ccc(C(=O)N2CCC(c3nc(-c4cccnc4)ncc3-c3ccccc3)CC2)s1. The van der Waals surface area contributed by atoms with Gasteiger partial charge >= 0.3 is 0 Å². The fraction of sp³-hybridized carbons (Fsp3) is 0.222. The molecule has 0 aliphatic carbocycles. The molecule has 0 saturated carbocycles. The first kappa shape index (κ1) is 22.1. The molecule has 0 N–H and O–H groups in total. The number of hydrogen-bond donors (Lipinski definition) is 0. The summed E-state index contributed by atoms with van der Waals surface area (Å²) in [7, 11) is 0. The monoisotopic (exact) mass is 468 g/mol. The van der Waals surface area contributed by atoms with Gasteiger partial charge in [-0.25, -0.2) is 9.97 Å². The van der Waals surface area contributed by atoms with Gasteiger partial charge in [0.15, 0.2) is 11.6 Å². The van der Waals surface area contributed by atoms with Crippen LogP contribution in [0.3, 0.4) is 0 Å². The van der Waals surface area contributed by atoms with Crippen LogP contribution >= 0.6 is 11.3 Å². The number of hydrogen-bond acceptors (Lipinski definition) is 6. The van der Waals surface area contributed by atoms with E-state index in [4.69, 9.17) is 4.98 Å². The zero-order valence-corrected chi connectivity index (χ0v) is 19.7. The maximum atomic E-state index is 13.0. The summed E-state index contributed by atoms with van der Waals surface area (Å²) in [5, 5.41) is 0. The van der Waals surface area contributed by atoms with Gasteiger partial charge in [-0.05, 0) is 49.6 Å². The third-order valence-corrected chi connectivity index (χ3v) is 7.33. The van der Waals surface area contributed by atoms with E-state index < -0.39 is 0 Å². The Kier molecular flexibility index (Phi) is 6.27. The second-order valence-electron chi connectivity index (χ2n) is 8.39. The standard InChI is InChI=1S/C27H24N4O2S/c1-18(32)23-9-10-24(34-23)27(33)31-14-11-20(12-15-31)25-22(19-6-3-2-4-7-19)17-29-26(30-25)21-8-5-13-28-16-21/h2-10,13,16-17,20H,11-12,14-15H2,1H3. The molecule has 4 heterocycles. The van der Waals surface area contributed by atoms with Crippen molar-refractivity contribution >= 4 is 23.0 Å². The molecule has 1 aliphatic heterocycles. The first-order chi connectivity index (χ1) is 16.6. The van der Waals surface area contributed by atoms with Crippen LogP contribution in [0.15, 0.2) is 73.2 Å². The van der Waals surface area contributed by atoms with E-state index in [1.807, 2.05) is 41.4 Å². The van der Waals surface area contributed by atoms with Crippen molar-refractivity contribution in [3.05, 3.63) is 88.6 Å². The van der Waals surface area contributed by atoms with E-state index in [0.29, 0.717) is 28.7 Å². The van der Waals surface area contributed by atoms with Gasteiger partial charge in [0.25, 0.3) is 5.91 Å². The number of carbonyl (C=O) groups excluding carboxylic acids is 2. The number of ketones is 1. The van der Waals surface area contributed by atoms with Crippen molar-refractivity contribution in [3.63, 3.8) is 0 Å². The molecule has 1 aliphatic rings. The predicted octanol–water partition coefficient (Wildman–Crippen LogP) is 5.49. The van der Waals surface area contributed by atoms with E-state index in [1.54, 1.807) is 24.5 Å². The topological polar surface area (TPSA) is 76.1 Å². The predicted molar refractivity (Wildman–Crippen MR) is 133 cm³/mol. The maximum absolute atomic E-state index is 13.0. The zero-order chi connectivity index (χ0) is 23.5. The minimum atomic E-state index is -0.00983. The Hall–Kier alpha value is -3.71. The Labute approximate surface area is 202 Å². The Morgan fingerprint density at radius 2 is 1.65 bits per heavy atom. The molecule has 1 amide bonds. The van der Waals surface area contributed by atoms with E-state index in [-0.39, 0.29) is 17.6 Å². The number of Topliss-reactive ketones (excluding diaryl/α,β-unsaturated/α-hetero) is 1. The third kappa shape index (κ3) is 4.52. The van der Waals surface area contributed by atoms with E-state index in [2.05, 4.69) is 22.1 Å². The van der Waals surface area contributed by atoms with Crippen LogP contribution in [0.5, 0.6) is 0 Å². The summed E-state index contributed by atoms with van der Waals surface area (Å²) in [5.41, 5.74) is 4.02. The molecule has 0 unspecified atom stereocenters. The number of likely N-dealkylation sites (tertiary alicyclic amines) is 1. The van der Waals surface area contributed by atoms with Gasteiger partial charge in [0.1, 0.15) is 0 Å². The normalized spacial score (nSPS) is 14.2. The summed E-state index contributed by atoms with van der Waals surface area (Å²) >= 11 is 1.27. The molecule has 0 spiro atoms. The fourth-order valence-corrected chi connectivity index (χ4v) is 5.20. The van der Waals surface area contributed by atoms with Crippen molar-refractivity contribution < 1.29 is 9.59 Å². The van der Waals surface area contributed by atoms with Gasteiger partial charge in [-0.1, -0.05) is 30.3 Å². The highest BCUT2D eigenvalue weighted by Crippen LogP contribution is 2.35. The molecule has 0 bridgehead atoms. The highest BCUT2D eigenvalue weighted by atomic mass is 32.1. The van der Waals surface area contributed by atoms with Gasteiger partial charge in [-0.3, -0.25) is 14.6 Å². The molecule has 7 heteroatoms. The van der Waals surface area contributed by atoms with Crippen molar-refractivity contribution in [2.24, 2.45) is 0 Å². The lowest BCUT2D eigenvalue weighted by Crippen LogP contribution is -2.37. The molecule has 170 valence electrons. The number of amides is 1. The molecule has 34 heavy (non-hydrogen) atoms. The number of aromatic nitrogens is 3. The molecule has 4 aromatic rings. The highest BCUT2D eigenvalue weighted by molar-refractivity contribution is 7.15. The Balaban J connectivity index is 1.40. The first-order valence-electron chi connectivity index (χ1n) is 11.3. The molecule has 5 rings (SSSR count). The van der Waals surface area contributed by atoms with Crippen molar-refractivity contribution in [1.82, 2.24) is 19.9 Å². The summed E-state index contributed by atoms with van der Waals surface area (Å²) < 4.78 is 0. The molecule has 6 nitrogen and oxygen atoms in total. The van der Waals surface area contributed by atoms with Gasteiger partial charge in [-0.2, -0.15) is 0 Å². The molecule has 0 radical (unpaired) electrons. The Bertz CT molecular complexity index is 1310. The Morgan fingerprint density at radius 3 is 2.32 bits per heavy atom. The number of thiophene rings is 1. The second-order valence-corrected chi connectivity index (χ2v) is 9.47. The van der Waals surface area contributed by atoms with Crippen LogP contribution in [0, 0.1) is 0 Å². The summed E-state index contributed by atoms with van der Waals surface area (Å²) in [6.45, 7) is 2.83. The number of nitrogens with zero attached hydrogens (tertiary/aromatic N) is 4. The third-order valence-electron chi connectivity index (χ3n) is 6.16. The summed E-state index contributed by atoms with van der Waals surface area (Å²) in [4.78, 5) is 41.6. The number of carbonyl (C=O) groups is 2. The van der Waals surface area contributed by atoms with Gasteiger partial charge in [0.05, 0.1) is 15.4 Å². The van der Waals surface area contributed by atoms with Crippen molar-refractivity contribution in [1.29, 1.82) is 0 Å². The minimum Gasteiger partial charge on any atom is -0.338 e. The number of piperidine rings is 1. The van der Waals surface area contributed by atoms with Crippen LogP contribution in [-0.4, -0.2) is 44.6 Å². The van der Waals surface area contributed by atoms with Crippen LogP contribution < -0.4 is 0 Å². The van der Waals surface area contributed by atoms with E-state index in [1.165, 1.54) is 18.3 Å². The Morgan fingerprint density at radius 1 is 0.912 bits per heavy atom. The first-order valence-corrected chi connectivity index (χ1v) is 12.1. The molecule has 1 aromatic carbocycles. The summed E-state index contributed by atoms with van der Waals surface area (Å²) in [6, 6.07) is 17.5. The maximum Gasteiger partial charge on any atom is 0.263 e. The van der Waals surface area contributed by atoms with Gasteiger partial charge in [-0.15, -0.1) is 11.3 Å². The van der Waals surface area contributed by atoms with Gasteiger partial charge < -0.3 is 4.90 Å². The lowest BCUT2D eigenvalue weighted by molar-refractivity contribution is 0.0717. The van der Waals surface area contributed by atoms with Crippen molar-refractivity contribution in [3.8, 4) is 22.5 Å². The number of rotatable bonds is 5. The number of benzene rings is 1. The minimum absolute atomic E-state index is 0.00188. The van der Waals surface area contributed by atoms with Crippen LogP contribution in [0.2, 0.25) is 0 Å². The van der Waals surface area contributed by atoms with Crippen molar-refractivity contribution in [2.45, 2.75) is 25.7 Å². The number of pyridine rings is 1. The average Bonchev–Trinajstić information content (AvgIpc) is 3.40. The molecule has 1 fully saturated rings. The van der Waals surface area contributed by atoms with Gasteiger partial charge in [0.2, 0.25) is 0 Å². The average molecular weight is 469 g/mol. The van der Waals surface area contributed by atoms with Crippen LogP contribution in [-0.2, 0) is 0 Å².